The molecule has 3 atom stereocenters. The van der Waals surface area contributed by atoms with Crippen molar-refractivity contribution in [2.24, 2.45) is 17.8 Å². The number of ether oxygens (including phenoxy) is 1. The highest BCUT2D eigenvalue weighted by Gasteiger charge is 2.35. The van der Waals surface area contributed by atoms with Gasteiger partial charge in [0, 0.05) is 0 Å². The van der Waals surface area contributed by atoms with Gasteiger partial charge in [-0.2, -0.15) is 0 Å². The van der Waals surface area contributed by atoms with Crippen LogP contribution in [-0.4, -0.2) is 25.7 Å². The van der Waals surface area contributed by atoms with E-state index >= 15 is 0 Å². The first-order valence-electron chi connectivity index (χ1n) is 6.16. The van der Waals surface area contributed by atoms with Gasteiger partial charge in [0.2, 0.25) is 0 Å². The summed E-state index contributed by atoms with van der Waals surface area (Å²) in [5.74, 6) is 1.42. The summed E-state index contributed by atoms with van der Waals surface area (Å²) in [5.41, 5.74) is 0. The quantitative estimate of drug-likeness (QED) is 0.705. The van der Waals surface area contributed by atoms with Crippen LogP contribution >= 0.6 is 0 Å². The first kappa shape index (κ1) is 10.9. The van der Waals surface area contributed by atoms with E-state index in [2.05, 4.69) is 12.2 Å². The average molecular weight is 211 g/mol. The van der Waals surface area contributed by atoms with Gasteiger partial charge >= 0.3 is 5.97 Å². The molecule has 2 heterocycles. The second-order valence-corrected chi connectivity index (χ2v) is 4.86. The molecule has 2 aliphatic rings. The molecule has 2 saturated heterocycles. The number of carbonyl (C=O) groups is 1. The molecule has 0 aromatic carbocycles. The molecule has 0 aliphatic carbocycles. The summed E-state index contributed by atoms with van der Waals surface area (Å²) in [6, 6.07) is 0. The van der Waals surface area contributed by atoms with Crippen LogP contribution in [0.15, 0.2) is 0 Å². The molecule has 0 aromatic rings. The van der Waals surface area contributed by atoms with Gasteiger partial charge in [0.25, 0.3) is 0 Å². The lowest BCUT2D eigenvalue weighted by Crippen LogP contribution is -2.25. The zero-order chi connectivity index (χ0) is 10.7. The van der Waals surface area contributed by atoms with E-state index in [9.17, 15) is 4.79 Å². The zero-order valence-electron chi connectivity index (χ0n) is 9.50. The molecule has 15 heavy (non-hydrogen) atoms. The van der Waals surface area contributed by atoms with Gasteiger partial charge in [-0.05, 0) is 50.6 Å². The third-order valence-electron chi connectivity index (χ3n) is 3.97. The number of hydrogen-bond acceptors (Lipinski definition) is 3. The van der Waals surface area contributed by atoms with Crippen molar-refractivity contribution < 1.29 is 9.53 Å². The van der Waals surface area contributed by atoms with Crippen LogP contribution in [-0.2, 0) is 9.53 Å². The van der Waals surface area contributed by atoms with E-state index in [0.717, 1.165) is 19.5 Å². The average Bonchev–Trinajstić information content (AvgIpc) is 2.53. The molecule has 2 aliphatic heterocycles. The molecule has 3 unspecified atom stereocenters. The van der Waals surface area contributed by atoms with Gasteiger partial charge in [-0.3, -0.25) is 4.79 Å². The lowest BCUT2D eigenvalue weighted by Gasteiger charge is -2.25. The lowest BCUT2D eigenvalue weighted by molar-refractivity contribution is -0.143. The van der Waals surface area contributed by atoms with Crippen molar-refractivity contribution in [1.82, 2.24) is 5.32 Å². The maximum atomic E-state index is 11.5. The van der Waals surface area contributed by atoms with Gasteiger partial charge in [0.05, 0.1) is 12.5 Å². The molecule has 0 saturated carbocycles. The van der Waals surface area contributed by atoms with Gasteiger partial charge in [-0.15, -0.1) is 0 Å². The fourth-order valence-corrected chi connectivity index (χ4v) is 2.89. The Morgan fingerprint density at radius 1 is 1.33 bits per heavy atom. The summed E-state index contributed by atoms with van der Waals surface area (Å²) in [5, 5.41) is 3.42. The van der Waals surface area contributed by atoms with Gasteiger partial charge in [-0.25, -0.2) is 0 Å². The van der Waals surface area contributed by atoms with Gasteiger partial charge in [0.1, 0.15) is 0 Å². The van der Waals surface area contributed by atoms with E-state index in [0.29, 0.717) is 18.4 Å². The second-order valence-electron chi connectivity index (χ2n) is 4.86. The van der Waals surface area contributed by atoms with Crippen LogP contribution in [0.4, 0.5) is 0 Å². The Labute approximate surface area is 91.6 Å². The molecule has 2 fully saturated rings. The number of cyclic esters (lactones) is 1. The van der Waals surface area contributed by atoms with Crippen molar-refractivity contribution >= 4 is 5.97 Å². The number of carbonyl (C=O) groups excluding carboxylic acids is 1. The van der Waals surface area contributed by atoms with Gasteiger partial charge < -0.3 is 10.1 Å². The summed E-state index contributed by atoms with van der Waals surface area (Å²) in [6.45, 7) is 5.11. The maximum absolute atomic E-state index is 11.5. The summed E-state index contributed by atoms with van der Waals surface area (Å²) in [7, 11) is 0. The summed E-state index contributed by atoms with van der Waals surface area (Å²) >= 11 is 0. The van der Waals surface area contributed by atoms with Crippen LogP contribution in [0, 0.1) is 17.8 Å². The van der Waals surface area contributed by atoms with Crippen molar-refractivity contribution in [2.75, 3.05) is 19.7 Å². The van der Waals surface area contributed by atoms with E-state index in [1.54, 1.807) is 0 Å². The van der Waals surface area contributed by atoms with Crippen LogP contribution in [0.5, 0.6) is 0 Å². The fraction of sp³-hybridized carbons (Fsp3) is 0.917. The normalized spacial score (nSPS) is 34.6. The summed E-state index contributed by atoms with van der Waals surface area (Å²) in [4.78, 5) is 11.5. The SMILES string of the molecule is CC(C1CCCNCC1)C1CCOC1=O. The van der Waals surface area contributed by atoms with E-state index in [-0.39, 0.29) is 11.9 Å². The van der Waals surface area contributed by atoms with E-state index in [1.807, 2.05) is 0 Å². The highest BCUT2D eigenvalue weighted by molar-refractivity contribution is 5.74. The molecule has 0 spiro atoms. The summed E-state index contributed by atoms with van der Waals surface area (Å²) < 4.78 is 5.05. The van der Waals surface area contributed by atoms with Crippen LogP contribution in [0.2, 0.25) is 0 Å². The Kier molecular flexibility index (Phi) is 3.62. The van der Waals surface area contributed by atoms with Crippen molar-refractivity contribution in [3.05, 3.63) is 0 Å². The molecule has 0 bridgehead atoms. The third-order valence-corrected chi connectivity index (χ3v) is 3.97. The Bertz CT molecular complexity index is 222. The molecule has 3 nitrogen and oxygen atoms in total. The molecular formula is C12H21NO2. The van der Waals surface area contributed by atoms with Gasteiger partial charge in [-0.1, -0.05) is 6.92 Å². The first-order chi connectivity index (χ1) is 7.29. The standard InChI is InChI=1S/C12H21NO2/c1-9(11-5-8-15-12(11)14)10-3-2-6-13-7-4-10/h9-11,13H,2-8H2,1H3. The predicted molar refractivity (Wildman–Crippen MR) is 58.4 cm³/mol. The highest BCUT2D eigenvalue weighted by Crippen LogP contribution is 2.33. The molecular weight excluding hydrogens is 190 g/mol. The van der Waals surface area contributed by atoms with Crippen molar-refractivity contribution in [2.45, 2.75) is 32.6 Å². The minimum absolute atomic E-state index is 0.0414. The molecule has 1 N–H and O–H groups in total. The van der Waals surface area contributed by atoms with Crippen molar-refractivity contribution in [3.63, 3.8) is 0 Å². The molecule has 3 heteroatoms. The largest absolute Gasteiger partial charge is 0.465 e. The number of rotatable bonds is 2. The third kappa shape index (κ3) is 2.51. The topological polar surface area (TPSA) is 38.3 Å². The minimum Gasteiger partial charge on any atom is -0.465 e. The van der Waals surface area contributed by atoms with Crippen molar-refractivity contribution in [3.8, 4) is 0 Å². The summed E-state index contributed by atoms with van der Waals surface area (Å²) in [6.07, 6.45) is 4.66. The lowest BCUT2D eigenvalue weighted by atomic mass is 9.78. The molecule has 86 valence electrons. The molecule has 0 amide bonds. The first-order valence-corrected chi connectivity index (χ1v) is 6.16. The van der Waals surface area contributed by atoms with Crippen molar-refractivity contribution in [1.29, 1.82) is 0 Å². The van der Waals surface area contributed by atoms with Crippen LogP contribution < -0.4 is 5.32 Å². The predicted octanol–water partition coefficient (Wildman–Crippen LogP) is 1.58. The molecule has 0 aromatic heterocycles. The number of nitrogens with one attached hydrogen (secondary N) is 1. The van der Waals surface area contributed by atoms with E-state index < -0.39 is 0 Å². The molecule has 0 radical (unpaired) electrons. The smallest absolute Gasteiger partial charge is 0.309 e. The Morgan fingerprint density at radius 3 is 2.93 bits per heavy atom. The maximum Gasteiger partial charge on any atom is 0.309 e. The minimum atomic E-state index is 0.0414. The second kappa shape index (κ2) is 4.97. The number of esters is 1. The Morgan fingerprint density at radius 2 is 2.20 bits per heavy atom. The zero-order valence-corrected chi connectivity index (χ0v) is 9.50. The fourth-order valence-electron chi connectivity index (χ4n) is 2.89. The van der Waals surface area contributed by atoms with Gasteiger partial charge in [0.15, 0.2) is 0 Å². The molecule has 2 rings (SSSR count). The Hall–Kier alpha value is -0.570. The number of hydrogen-bond donors (Lipinski definition) is 1. The van der Waals surface area contributed by atoms with Crippen LogP contribution in [0.3, 0.4) is 0 Å². The van der Waals surface area contributed by atoms with Crippen LogP contribution in [0.25, 0.3) is 0 Å². The van der Waals surface area contributed by atoms with E-state index in [1.165, 1.54) is 19.3 Å². The monoisotopic (exact) mass is 211 g/mol. The highest BCUT2D eigenvalue weighted by atomic mass is 16.5. The van der Waals surface area contributed by atoms with E-state index in [4.69, 9.17) is 4.74 Å². The Balaban J connectivity index is 1.92. The van der Waals surface area contributed by atoms with Crippen LogP contribution in [0.1, 0.15) is 32.6 Å².